The number of aromatic nitrogens is 1. The van der Waals surface area contributed by atoms with Gasteiger partial charge in [-0.05, 0) is 25.1 Å². The zero-order valence-electron chi connectivity index (χ0n) is 11.2. The number of hydrogen-bond donors (Lipinski definition) is 1. The molecule has 1 aromatic heterocycles. The van der Waals surface area contributed by atoms with Gasteiger partial charge in [-0.3, -0.25) is 10.1 Å². The van der Waals surface area contributed by atoms with E-state index in [-0.39, 0.29) is 11.9 Å². The molecule has 1 aliphatic heterocycles. The van der Waals surface area contributed by atoms with Gasteiger partial charge in [-0.15, -0.1) is 11.3 Å². The van der Waals surface area contributed by atoms with Gasteiger partial charge in [0.15, 0.2) is 16.6 Å². The van der Waals surface area contributed by atoms with Crippen molar-refractivity contribution in [2.24, 2.45) is 0 Å². The number of ether oxygens (including phenoxy) is 2. The number of aryl methyl sites for hydroxylation is 1. The average molecular weight is 330 g/mol. The number of thiazole rings is 1. The second kappa shape index (κ2) is 5.16. The summed E-state index contributed by atoms with van der Waals surface area (Å²) in [5.41, 5.74) is 1.16. The summed E-state index contributed by atoms with van der Waals surface area (Å²) in [6, 6.07) is 5.12. The highest BCUT2D eigenvalue weighted by atomic mass is 32.1. The molecule has 22 heavy (non-hydrogen) atoms. The molecule has 0 fully saturated rings. The van der Waals surface area contributed by atoms with Crippen LogP contribution in [0.15, 0.2) is 18.2 Å². The van der Waals surface area contributed by atoms with Gasteiger partial charge in [-0.25, -0.2) is 4.98 Å². The van der Waals surface area contributed by atoms with E-state index in [1.54, 1.807) is 30.4 Å². The van der Waals surface area contributed by atoms with Gasteiger partial charge in [0, 0.05) is 10.4 Å². The molecule has 3 rings (SSSR count). The second-order valence-corrected chi connectivity index (χ2v) is 5.65. The summed E-state index contributed by atoms with van der Waals surface area (Å²) in [5, 5.41) is 1.65. The fraction of sp³-hybridized carbons (Fsp3) is 0.231. The van der Waals surface area contributed by atoms with Crippen LogP contribution in [0.5, 0.6) is 11.5 Å². The fourth-order valence-corrected chi connectivity index (χ4v) is 2.76. The van der Waals surface area contributed by atoms with Crippen molar-refractivity contribution in [2.75, 3.05) is 12.1 Å². The minimum Gasteiger partial charge on any atom is -0.454 e. The zero-order valence-corrected chi connectivity index (χ0v) is 12.0. The Labute approximate surface area is 126 Å². The van der Waals surface area contributed by atoms with Crippen molar-refractivity contribution in [2.45, 2.75) is 13.1 Å². The quantitative estimate of drug-likeness (QED) is 0.917. The Hall–Kier alpha value is -2.29. The van der Waals surface area contributed by atoms with Gasteiger partial charge >= 0.3 is 12.1 Å². The molecule has 0 bridgehead atoms. The van der Waals surface area contributed by atoms with Crippen LogP contribution < -0.4 is 14.8 Å². The van der Waals surface area contributed by atoms with E-state index in [2.05, 4.69) is 4.98 Å². The van der Waals surface area contributed by atoms with Gasteiger partial charge in [-0.1, -0.05) is 0 Å². The molecule has 1 aliphatic rings. The van der Waals surface area contributed by atoms with Crippen LogP contribution in [-0.4, -0.2) is 23.9 Å². The van der Waals surface area contributed by atoms with E-state index in [1.807, 2.05) is 0 Å². The van der Waals surface area contributed by atoms with E-state index in [4.69, 9.17) is 9.47 Å². The Morgan fingerprint density at radius 2 is 2.05 bits per heavy atom. The third kappa shape index (κ3) is 2.71. The molecular formula is C13H9F3N2O3S. The van der Waals surface area contributed by atoms with Gasteiger partial charge in [-0.2, -0.15) is 13.2 Å². The van der Waals surface area contributed by atoms with Crippen molar-refractivity contribution >= 4 is 22.4 Å². The number of nitrogens with one attached hydrogen (secondary N) is 1. The molecule has 0 radical (unpaired) electrons. The average Bonchev–Trinajstić information content (AvgIpc) is 3.03. The molecule has 5 nitrogen and oxygen atoms in total. The minimum absolute atomic E-state index is 0.104. The summed E-state index contributed by atoms with van der Waals surface area (Å²) < 4.78 is 47.2. The van der Waals surface area contributed by atoms with Gasteiger partial charge in [0.1, 0.15) is 0 Å². The van der Waals surface area contributed by atoms with Crippen LogP contribution in [0.25, 0.3) is 11.3 Å². The number of fused-ring (bicyclic) bond motifs is 1. The molecule has 1 aromatic carbocycles. The van der Waals surface area contributed by atoms with E-state index < -0.39 is 12.1 Å². The van der Waals surface area contributed by atoms with Gasteiger partial charge in [0.25, 0.3) is 0 Å². The molecule has 0 spiro atoms. The lowest BCUT2D eigenvalue weighted by Gasteiger charge is -2.04. The summed E-state index contributed by atoms with van der Waals surface area (Å²) in [5.74, 6) is -0.897. The maximum Gasteiger partial charge on any atom is 0.471 e. The van der Waals surface area contributed by atoms with Crippen LogP contribution in [-0.2, 0) is 4.79 Å². The molecule has 0 unspecified atom stereocenters. The minimum atomic E-state index is -4.95. The first kappa shape index (κ1) is 14.6. The standard InChI is InChI=1S/C13H9F3N2O3S/c1-6-10(7-2-3-8-9(4-7)21-5-20-8)17-12(22-6)18-11(19)13(14,15)16/h2-4H,5H2,1H3,(H,17,18,19). The number of amides is 1. The summed E-state index contributed by atoms with van der Waals surface area (Å²) in [7, 11) is 0. The Bertz CT molecular complexity index is 743. The monoisotopic (exact) mass is 330 g/mol. The molecule has 0 atom stereocenters. The number of rotatable bonds is 2. The maximum atomic E-state index is 12.2. The number of carbonyl (C=O) groups excluding carboxylic acids is 1. The van der Waals surface area contributed by atoms with Crippen molar-refractivity contribution in [3.05, 3.63) is 23.1 Å². The fourth-order valence-electron chi connectivity index (χ4n) is 1.93. The normalized spacial score (nSPS) is 13.3. The maximum absolute atomic E-state index is 12.2. The Kier molecular flexibility index (Phi) is 3.44. The zero-order chi connectivity index (χ0) is 15.9. The highest BCUT2D eigenvalue weighted by Crippen LogP contribution is 2.38. The number of halogens is 3. The molecule has 1 amide bonds. The van der Waals surface area contributed by atoms with Crippen molar-refractivity contribution < 1.29 is 27.4 Å². The van der Waals surface area contributed by atoms with Crippen LogP contribution in [0.1, 0.15) is 4.88 Å². The predicted molar refractivity (Wildman–Crippen MR) is 73.1 cm³/mol. The van der Waals surface area contributed by atoms with Crippen LogP contribution >= 0.6 is 11.3 Å². The SMILES string of the molecule is Cc1sc(NC(=O)C(F)(F)F)nc1-c1ccc2c(c1)OCO2. The summed E-state index contributed by atoms with van der Waals surface area (Å²) in [6.45, 7) is 1.84. The van der Waals surface area contributed by atoms with E-state index in [1.165, 1.54) is 0 Å². The number of alkyl halides is 3. The van der Waals surface area contributed by atoms with E-state index in [0.717, 1.165) is 11.3 Å². The number of anilines is 1. The summed E-state index contributed by atoms with van der Waals surface area (Å²) in [4.78, 5) is 15.7. The van der Waals surface area contributed by atoms with Crippen LogP contribution in [0, 0.1) is 6.92 Å². The first-order valence-corrected chi connectivity index (χ1v) is 6.92. The lowest BCUT2D eigenvalue weighted by Crippen LogP contribution is -2.29. The third-order valence-corrected chi connectivity index (χ3v) is 3.81. The highest BCUT2D eigenvalue weighted by molar-refractivity contribution is 7.16. The number of carbonyl (C=O) groups is 1. The molecule has 2 aromatic rings. The van der Waals surface area contributed by atoms with Crippen LogP contribution in [0.3, 0.4) is 0 Å². The molecule has 0 saturated carbocycles. The smallest absolute Gasteiger partial charge is 0.454 e. The Morgan fingerprint density at radius 1 is 1.32 bits per heavy atom. The second-order valence-electron chi connectivity index (χ2n) is 4.44. The van der Waals surface area contributed by atoms with Gasteiger partial charge in [0.2, 0.25) is 6.79 Å². The van der Waals surface area contributed by atoms with E-state index in [0.29, 0.717) is 27.6 Å². The molecule has 9 heteroatoms. The first-order valence-electron chi connectivity index (χ1n) is 6.10. The molecular weight excluding hydrogens is 321 g/mol. The summed E-state index contributed by atoms with van der Waals surface area (Å²) >= 11 is 0.972. The number of hydrogen-bond acceptors (Lipinski definition) is 5. The predicted octanol–water partition coefficient (Wildman–Crippen LogP) is 3.35. The van der Waals surface area contributed by atoms with Crippen molar-refractivity contribution in [3.63, 3.8) is 0 Å². The lowest BCUT2D eigenvalue weighted by molar-refractivity contribution is -0.167. The van der Waals surface area contributed by atoms with E-state index >= 15 is 0 Å². The topological polar surface area (TPSA) is 60.5 Å². The lowest BCUT2D eigenvalue weighted by atomic mass is 10.1. The third-order valence-electron chi connectivity index (χ3n) is 2.92. The molecule has 1 N–H and O–H groups in total. The van der Waals surface area contributed by atoms with Crippen molar-refractivity contribution in [3.8, 4) is 22.8 Å². The number of nitrogens with zero attached hydrogens (tertiary/aromatic N) is 1. The van der Waals surface area contributed by atoms with Crippen LogP contribution in [0.4, 0.5) is 18.3 Å². The molecule has 0 aliphatic carbocycles. The first-order chi connectivity index (χ1) is 10.3. The van der Waals surface area contributed by atoms with Gasteiger partial charge in [0.05, 0.1) is 5.69 Å². The summed E-state index contributed by atoms with van der Waals surface area (Å²) in [6.07, 6.45) is -4.95. The number of benzene rings is 1. The van der Waals surface area contributed by atoms with Crippen LogP contribution in [0.2, 0.25) is 0 Å². The molecule has 116 valence electrons. The molecule has 2 heterocycles. The van der Waals surface area contributed by atoms with E-state index in [9.17, 15) is 18.0 Å². The van der Waals surface area contributed by atoms with Crippen molar-refractivity contribution in [1.82, 2.24) is 4.98 Å². The van der Waals surface area contributed by atoms with Gasteiger partial charge < -0.3 is 9.47 Å². The Morgan fingerprint density at radius 3 is 2.77 bits per heavy atom. The largest absolute Gasteiger partial charge is 0.471 e. The molecule has 0 saturated heterocycles. The Balaban J connectivity index is 1.88. The highest BCUT2D eigenvalue weighted by Gasteiger charge is 2.39. The van der Waals surface area contributed by atoms with Crippen molar-refractivity contribution in [1.29, 1.82) is 0 Å².